The smallest absolute Gasteiger partial charge is 0.310 e. The first kappa shape index (κ1) is 13.2. The van der Waals surface area contributed by atoms with Crippen molar-refractivity contribution < 1.29 is 14.5 Å². The maximum atomic E-state index is 11.3. The van der Waals surface area contributed by atoms with E-state index in [0.29, 0.717) is 17.7 Å². The molecule has 0 fully saturated rings. The molecule has 1 rings (SSSR count). The Bertz CT molecular complexity index is 454. The van der Waals surface area contributed by atoms with E-state index in [4.69, 9.17) is 4.74 Å². The third kappa shape index (κ3) is 3.27. The van der Waals surface area contributed by atoms with Gasteiger partial charge >= 0.3 is 5.97 Å². The average molecular weight is 237 g/mol. The summed E-state index contributed by atoms with van der Waals surface area (Å²) in [7, 11) is 0. The van der Waals surface area contributed by atoms with E-state index < -0.39 is 4.92 Å². The minimum Gasteiger partial charge on any atom is -0.466 e. The van der Waals surface area contributed by atoms with Crippen molar-refractivity contribution in [3.05, 3.63) is 38.9 Å². The lowest BCUT2D eigenvalue weighted by atomic mass is 10.0. The van der Waals surface area contributed by atoms with E-state index in [-0.39, 0.29) is 18.1 Å². The number of carbonyl (C=O) groups is 1. The van der Waals surface area contributed by atoms with Gasteiger partial charge in [0.2, 0.25) is 0 Å². The number of esters is 1. The van der Waals surface area contributed by atoms with Crippen molar-refractivity contribution in [3.8, 4) is 0 Å². The molecule has 0 saturated carbocycles. The molecule has 17 heavy (non-hydrogen) atoms. The van der Waals surface area contributed by atoms with Gasteiger partial charge in [-0.2, -0.15) is 0 Å². The van der Waals surface area contributed by atoms with Crippen molar-refractivity contribution in [1.29, 1.82) is 0 Å². The minimum atomic E-state index is -0.441. The van der Waals surface area contributed by atoms with Crippen LogP contribution in [0.25, 0.3) is 0 Å². The second kappa shape index (κ2) is 5.43. The predicted molar refractivity (Wildman–Crippen MR) is 62.9 cm³/mol. The van der Waals surface area contributed by atoms with E-state index in [1.165, 1.54) is 6.07 Å². The van der Waals surface area contributed by atoms with E-state index in [1.807, 2.05) is 6.92 Å². The molecule has 0 amide bonds. The molecule has 1 aromatic carbocycles. The molecule has 0 aliphatic rings. The Hall–Kier alpha value is -1.91. The van der Waals surface area contributed by atoms with E-state index in [2.05, 4.69) is 0 Å². The highest BCUT2D eigenvalue weighted by molar-refractivity contribution is 5.73. The highest BCUT2D eigenvalue weighted by Crippen LogP contribution is 2.23. The number of aryl methyl sites for hydroxylation is 2. The third-order valence-corrected chi connectivity index (χ3v) is 2.49. The Kier molecular flexibility index (Phi) is 4.20. The molecular weight excluding hydrogens is 222 g/mol. The Morgan fingerprint density at radius 3 is 2.53 bits per heavy atom. The fraction of sp³-hybridized carbons (Fsp3) is 0.417. The van der Waals surface area contributed by atoms with Crippen molar-refractivity contribution >= 4 is 11.7 Å². The van der Waals surface area contributed by atoms with Crippen molar-refractivity contribution in [2.24, 2.45) is 0 Å². The molecule has 0 aliphatic carbocycles. The fourth-order valence-electron chi connectivity index (χ4n) is 1.64. The van der Waals surface area contributed by atoms with Crippen LogP contribution in [0.1, 0.15) is 23.6 Å². The summed E-state index contributed by atoms with van der Waals surface area (Å²) in [5.74, 6) is -0.367. The molecule has 0 N–H and O–H groups in total. The van der Waals surface area contributed by atoms with Crippen LogP contribution in [0.3, 0.4) is 0 Å². The highest BCUT2D eigenvalue weighted by Gasteiger charge is 2.15. The van der Waals surface area contributed by atoms with Gasteiger partial charge in [0.1, 0.15) is 0 Å². The van der Waals surface area contributed by atoms with Crippen molar-refractivity contribution in [2.75, 3.05) is 6.61 Å². The van der Waals surface area contributed by atoms with E-state index in [0.717, 1.165) is 5.56 Å². The predicted octanol–water partition coefficient (Wildman–Crippen LogP) is 2.32. The normalized spacial score (nSPS) is 10.1. The minimum absolute atomic E-state index is 0.0369. The summed E-state index contributed by atoms with van der Waals surface area (Å²) < 4.78 is 4.82. The van der Waals surface area contributed by atoms with E-state index in [9.17, 15) is 14.9 Å². The van der Waals surface area contributed by atoms with Gasteiger partial charge in [-0.1, -0.05) is 0 Å². The van der Waals surface area contributed by atoms with Crippen LogP contribution in [0.2, 0.25) is 0 Å². The lowest BCUT2D eigenvalue weighted by molar-refractivity contribution is -0.385. The molecule has 0 spiro atoms. The molecule has 0 aromatic heterocycles. The number of benzene rings is 1. The van der Waals surface area contributed by atoms with Gasteiger partial charge in [-0.15, -0.1) is 0 Å². The number of nitro benzene ring substituents is 1. The topological polar surface area (TPSA) is 69.4 Å². The number of ether oxygens (including phenoxy) is 1. The van der Waals surface area contributed by atoms with Gasteiger partial charge in [-0.05, 0) is 38.0 Å². The monoisotopic (exact) mass is 237 g/mol. The summed E-state index contributed by atoms with van der Waals surface area (Å²) in [6.07, 6.45) is 0.0702. The quantitative estimate of drug-likeness (QED) is 0.457. The summed E-state index contributed by atoms with van der Waals surface area (Å²) in [6, 6.07) is 3.16. The SMILES string of the molecule is CCOC(=O)Cc1cc([N+](=O)[O-])c(C)cc1C. The van der Waals surface area contributed by atoms with Crippen LogP contribution in [-0.2, 0) is 16.0 Å². The molecule has 0 unspecified atom stereocenters. The fourth-order valence-corrected chi connectivity index (χ4v) is 1.64. The van der Waals surface area contributed by atoms with Gasteiger partial charge in [-0.25, -0.2) is 0 Å². The van der Waals surface area contributed by atoms with Gasteiger partial charge in [-0.3, -0.25) is 14.9 Å². The first-order chi connectivity index (χ1) is 7.95. The second-order valence-electron chi connectivity index (χ2n) is 3.80. The molecule has 0 radical (unpaired) electrons. The Labute approximate surface area is 99.5 Å². The van der Waals surface area contributed by atoms with Crippen molar-refractivity contribution in [3.63, 3.8) is 0 Å². The molecule has 0 heterocycles. The molecule has 0 bridgehead atoms. The van der Waals surface area contributed by atoms with E-state index >= 15 is 0 Å². The molecular formula is C12H15NO4. The first-order valence-electron chi connectivity index (χ1n) is 5.35. The van der Waals surface area contributed by atoms with Crippen LogP contribution in [0, 0.1) is 24.0 Å². The van der Waals surface area contributed by atoms with Crippen molar-refractivity contribution in [2.45, 2.75) is 27.2 Å². The van der Waals surface area contributed by atoms with Crippen molar-refractivity contribution in [1.82, 2.24) is 0 Å². The van der Waals surface area contributed by atoms with Crippen LogP contribution >= 0.6 is 0 Å². The van der Waals surface area contributed by atoms with Gasteiger partial charge in [0.05, 0.1) is 18.0 Å². The zero-order valence-electron chi connectivity index (χ0n) is 10.1. The second-order valence-corrected chi connectivity index (χ2v) is 3.80. The molecule has 5 heteroatoms. The number of rotatable bonds is 4. The van der Waals surface area contributed by atoms with Gasteiger partial charge in [0, 0.05) is 11.6 Å². The highest BCUT2D eigenvalue weighted by atomic mass is 16.6. The van der Waals surface area contributed by atoms with Crippen LogP contribution in [0.5, 0.6) is 0 Å². The molecule has 5 nitrogen and oxygen atoms in total. The number of hydrogen-bond donors (Lipinski definition) is 0. The number of hydrogen-bond acceptors (Lipinski definition) is 4. The molecule has 0 atom stereocenters. The standard InChI is InChI=1S/C12H15NO4/c1-4-17-12(14)7-10-6-11(13(15)16)9(3)5-8(10)2/h5-6H,4,7H2,1-3H3. The Balaban J connectivity index is 3.03. The van der Waals surface area contributed by atoms with Crippen LogP contribution in [0.15, 0.2) is 12.1 Å². The summed E-state index contributed by atoms with van der Waals surface area (Å²) in [5.41, 5.74) is 2.14. The van der Waals surface area contributed by atoms with Gasteiger partial charge in [0.15, 0.2) is 0 Å². The van der Waals surface area contributed by atoms with Gasteiger partial charge in [0.25, 0.3) is 5.69 Å². The zero-order valence-corrected chi connectivity index (χ0v) is 10.1. The maximum absolute atomic E-state index is 11.3. The summed E-state index contributed by atoms with van der Waals surface area (Å²) in [6.45, 7) is 5.54. The molecule has 0 aliphatic heterocycles. The van der Waals surface area contributed by atoms with Crippen LogP contribution in [0.4, 0.5) is 5.69 Å². The number of nitrogens with zero attached hydrogens (tertiary/aromatic N) is 1. The zero-order chi connectivity index (χ0) is 13.0. The maximum Gasteiger partial charge on any atom is 0.310 e. The summed E-state index contributed by atoms with van der Waals surface area (Å²) in [4.78, 5) is 21.7. The lowest BCUT2D eigenvalue weighted by Gasteiger charge is -2.07. The largest absolute Gasteiger partial charge is 0.466 e. The number of nitro groups is 1. The van der Waals surface area contributed by atoms with Gasteiger partial charge < -0.3 is 4.74 Å². The number of carbonyl (C=O) groups excluding carboxylic acids is 1. The molecule has 0 saturated heterocycles. The Morgan fingerprint density at radius 2 is 2.00 bits per heavy atom. The van der Waals surface area contributed by atoms with E-state index in [1.54, 1.807) is 19.9 Å². The Morgan fingerprint density at radius 1 is 1.35 bits per heavy atom. The van der Waals surface area contributed by atoms with Crippen LogP contribution in [-0.4, -0.2) is 17.5 Å². The summed E-state index contributed by atoms with van der Waals surface area (Å²) >= 11 is 0. The lowest BCUT2D eigenvalue weighted by Crippen LogP contribution is -2.09. The summed E-state index contributed by atoms with van der Waals surface area (Å²) in [5, 5.41) is 10.8. The average Bonchev–Trinajstić information content (AvgIpc) is 2.21. The molecule has 92 valence electrons. The molecule has 1 aromatic rings. The first-order valence-corrected chi connectivity index (χ1v) is 5.35. The van der Waals surface area contributed by atoms with Crippen LogP contribution < -0.4 is 0 Å². The third-order valence-electron chi connectivity index (χ3n) is 2.49.